The molecule has 2 rings (SSSR count). The Hall–Kier alpha value is -0.630. The molecule has 0 aromatic heterocycles. The largest absolute Gasteiger partial charge is 0.295 e. The van der Waals surface area contributed by atoms with Gasteiger partial charge in [-0.25, -0.2) is 0 Å². The van der Waals surface area contributed by atoms with Crippen LogP contribution in [0.4, 0.5) is 0 Å². The van der Waals surface area contributed by atoms with Crippen LogP contribution < -0.4 is 5.32 Å². The molecule has 1 N–H and O–H groups in total. The zero-order valence-electron chi connectivity index (χ0n) is 5.96. The third kappa shape index (κ3) is 0.991. The van der Waals surface area contributed by atoms with Gasteiger partial charge in [-0.15, -0.1) is 0 Å². The van der Waals surface area contributed by atoms with E-state index in [0.29, 0.717) is 12.0 Å². The molecule has 54 valence electrons. The van der Waals surface area contributed by atoms with Crippen molar-refractivity contribution in [2.45, 2.75) is 18.9 Å². The lowest BCUT2D eigenvalue weighted by atomic mass is 9.89. The monoisotopic (exact) mass is 136 g/mol. The number of fused-ring (bicyclic) bond motifs is 1. The van der Waals surface area contributed by atoms with E-state index in [0.717, 1.165) is 6.67 Å². The van der Waals surface area contributed by atoms with E-state index in [2.05, 4.69) is 28.7 Å². The van der Waals surface area contributed by atoms with Gasteiger partial charge in [-0.2, -0.15) is 0 Å². The van der Waals surface area contributed by atoms with Gasteiger partial charge in [0.1, 0.15) is 0 Å². The summed E-state index contributed by atoms with van der Waals surface area (Å²) in [6, 6.07) is 0.669. The lowest BCUT2D eigenvalue weighted by Crippen LogP contribution is -2.41. The second kappa shape index (κ2) is 2.54. The molecule has 1 heterocycles. The van der Waals surface area contributed by atoms with Crippen molar-refractivity contribution in [2.24, 2.45) is 10.9 Å². The Morgan fingerprint density at radius 3 is 3.10 bits per heavy atom. The quantitative estimate of drug-likeness (QED) is 0.493. The molecule has 2 nitrogen and oxygen atoms in total. The maximum Gasteiger partial charge on any atom is 0.0883 e. The third-order valence-corrected chi connectivity index (χ3v) is 2.22. The van der Waals surface area contributed by atoms with Gasteiger partial charge in [-0.1, -0.05) is 12.2 Å². The summed E-state index contributed by atoms with van der Waals surface area (Å²) in [5.74, 6) is 0.666. The van der Waals surface area contributed by atoms with E-state index >= 15 is 0 Å². The number of hydrogen-bond acceptors (Lipinski definition) is 2. The molecule has 2 atom stereocenters. The number of hydrogen-bond donors (Lipinski definition) is 1. The minimum absolute atomic E-state index is 0.666. The van der Waals surface area contributed by atoms with E-state index < -0.39 is 0 Å². The van der Waals surface area contributed by atoms with Gasteiger partial charge in [0.25, 0.3) is 0 Å². The number of nitrogens with zero attached hydrogens (tertiary/aromatic N) is 1. The second-order valence-electron chi connectivity index (χ2n) is 2.91. The number of allylic oxidation sites excluding steroid dienone is 1. The Morgan fingerprint density at radius 2 is 2.20 bits per heavy atom. The average molecular weight is 136 g/mol. The Labute approximate surface area is 61.0 Å². The lowest BCUT2D eigenvalue weighted by molar-refractivity contribution is 0.411. The molecule has 0 aromatic rings. The van der Waals surface area contributed by atoms with Crippen LogP contribution in [-0.2, 0) is 0 Å². The Balaban J connectivity index is 2.12. The number of aliphatic imine (C=N–C) groups is 1. The van der Waals surface area contributed by atoms with Crippen molar-refractivity contribution in [3.63, 3.8) is 0 Å². The topological polar surface area (TPSA) is 24.4 Å². The van der Waals surface area contributed by atoms with E-state index in [1.807, 2.05) is 0 Å². The first-order chi connectivity index (χ1) is 4.97. The first-order valence-corrected chi connectivity index (χ1v) is 3.85. The highest BCUT2D eigenvalue weighted by atomic mass is 15.1. The van der Waals surface area contributed by atoms with E-state index in [1.54, 1.807) is 0 Å². The minimum Gasteiger partial charge on any atom is -0.295 e. The molecular formula is C8H12N2. The fraction of sp³-hybridized carbons (Fsp3) is 0.625. The summed E-state index contributed by atoms with van der Waals surface area (Å²) in [6.07, 6.45) is 8.95. The van der Waals surface area contributed by atoms with Gasteiger partial charge in [-0.3, -0.25) is 10.3 Å². The van der Waals surface area contributed by atoms with Crippen LogP contribution in [0, 0.1) is 5.92 Å². The molecule has 0 amide bonds. The van der Waals surface area contributed by atoms with Gasteiger partial charge in [0.15, 0.2) is 0 Å². The van der Waals surface area contributed by atoms with Crippen LogP contribution in [0.5, 0.6) is 0 Å². The van der Waals surface area contributed by atoms with E-state index in [1.165, 1.54) is 12.8 Å². The van der Waals surface area contributed by atoms with Gasteiger partial charge >= 0.3 is 0 Å². The Kier molecular flexibility index (Phi) is 1.55. The van der Waals surface area contributed by atoms with Crippen molar-refractivity contribution in [1.82, 2.24) is 5.32 Å². The van der Waals surface area contributed by atoms with E-state index in [4.69, 9.17) is 0 Å². The summed E-state index contributed by atoms with van der Waals surface area (Å²) in [6.45, 7) is 0.814. The average Bonchev–Trinajstić information content (AvgIpc) is 2.05. The standard InChI is InChI=1S/C8H12N2/c1-2-4-8-7(3-1)5-9-6-10-8/h1-2,5,7-8,10H,3-4,6H2. The Bertz CT molecular complexity index is 172. The summed E-state index contributed by atoms with van der Waals surface area (Å²) in [7, 11) is 0. The molecule has 0 saturated carbocycles. The highest BCUT2D eigenvalue weighted by Gasteiger charge is 2.21. The summed E-state index contributed by atoms with van der Waals surface area (Å²) in [5.41, 5.74) is 0. The molecule has 2 aliphatic rings. The normalized spacial score (nSPS) is 37.6. The predicted octanol–water partition coefficient (Wildman–Crippen LogP) is 0.953. The predicted molar refractivity (Wildman–Crippen MR) is 42.1 cm³/mol. The van der Waals surface area contributed by atoms with Crippen LogP contribution >= 0.6 is 0 Å². The highest BCUT2D eigenvalue weighted by Crippen LogP contribution is 2.18. The minimum atomic E-state index is 0.666. The summed E-state index contributed by atoms with van der Waals surface area (Å²) in [5, 5.41) is 3.37. The second-order valence-corrected chi connectivity index (χ2v) is 2.91. The molecule has 10 heavy (non-hydrogen) atoms. The van der Waals surface area contributed by atoms with Crippen molar-refractivity contribution in [2.75, 3.05) is 6.67 Å². The van der Waals surface area contributed by atoms with Crippen LogP contribution in [0.2, 0.25) is 0 Å². The molecule has 0 bridgehead atoms. The lowest BCUT2D eigenvalue weighted by Gasteiger charge is -2.28. The van der Waals surface area contributed by atoms with Crippen molar-refractivity contribution < 1.29 is 0 Å². The van der Waals surface area contributed by atoms with Gasteiger partial charge in [0.05, 0.1) is 6.67 Å². The molecule has 0 spiro atoms. The van der Waals surface area contributed by atoms with Crippen molar-refractivity contribution in [3.8, 4) is 0 Å². The van der Waals surface area contributed by atoms with Gasteiger partial charge < -0.3 is 0 Å². The molecule has 0 saturated heterocycles. The Morgan fingerprint density at radius 1 is 1.30 bits per heavy atom. The molecule has 0 aromatic carbocycles. The number of rotatable bonds is 0. The molecule has 1 aliphatic carbocycles. The van der Waals surface area contributed by atoms with E-state index in [9.17, 15) is 0 Å². The van der Waals surface area contributed by atoms with E-state index in [-0.39, 0.29) is 0 Å². The molecule has 0 fully saturated rings. The van der Waals surface area contributed by atoms with Crippen molar-refractivity contribution in [1.29, 1.82) is 0 Å². The smallest absolute Gasteiger partial charge is 0.0883 e. The van der Waals surface area contributed by atoms with Gasteiger partial charge in [0, 0.05) is 18.2 Å². The molecule has 2 unspecified atom stereocenters. The van der Waals surface area contributed by atoms with Gasteiger partial charge in [-0.05, 0) is 12.8 Å². The van der Waals surface area contributed by atoms with Crippen LogP contribution in [0.25, 0.3) is 0 Å². The van der Waals surface area contributed by atoms with Crippen LogP contribution in [0.3, 0.4) is 0 Å². The van der Waals surface area contributed by atoms with Crippen LogP contribution in [0.15, 0.2) is 17.1 Å². The molecular weight excluding hydrogens is 124 g/mol. The number of nitrogens with one attached hydrogen (secondary N) is 1. The zero-order valence-corrected chi connectivity index (χ0v) is 5.96. The first-order valence-electron chi connectivity index (χ1n) is 3.85. The maximum atomic E-state index is 4.19. The maximum absolute atomic E-state index is 4.19. The molecule has 2 heteroatoms. The summed E-state index contributed by atoms with van der Waals surface area (Å²) in [4.78, 5) is 4.19. The molecule has 0 radical (unpaired) electrons. The van der Waals surface area contributed by atoms with Crippen molar-refractivity contribution in [3.05, 3.63) is 12.2 Å². The zero-order chi connectivity index (χ0) is 6.81. The van der Waals surface area contributed by atoms with Crippen LogP contribution in [-0.4, -0.2) is 18.9 Å². The first kappa shape index (κ1) is 6.10. The molecule has 1 aliphatic heterocycles. The third-order valence-electron chi connectivity index (χ3n) is 2.22. The van der Waals surface area contributed by atoms with Crippen LogP contribution in [0.1, 0.15) is 12.8 Å². The fourth-order valence-electron chi connectivity index (χ4n) is 1.59. The summed E-state index contributed by atoms with van der Waals surface area (Å²) < 4.78 is 0. The van der Waals surface area contributed by atoms with Gasteiger partial charge in [0.2, 0.25) is 0 Å². The van der Waals surface area contributed by atoms with Crippen molar-refractivity contribution >= 4 is 6.21 Å². The fourth-order valence-corrected chi connectivity index (χ4v) is 1.59. The summed E-state index contributed by atoms with van der Waals surface area (Å²) >= 11 is 0. The highest BCUT2D eigenvalue weighted by molar-refractivity contribution is 5.63. The SMILES string of the molecule is C1=CCC2NCN=CC2C1.